The van der Waals surface area contributed by atoms with Crippen molar-refractivity contribution < 1.29 is 33.0 Å². The minimum Gasteiger partial charge on any atom is -0.373 e. The Morgan fingerprint density at radius 2 is 0.844 bits per heavy atom. The minimum atomic E-state index is -4.05. The van der Waals surface area contributed by atoms with E-state index in [1.807, 2.05) is 19.6 Å². The van der Waals surface area contributed by atoms with Crippen molar-refractivity contribution in [1.29, 1.82) is 0 Å². The molecule has 0 aromatic heterocycles. The van der Waals surface area contributed by atoms with E-state index in [0.717, 1.165) is 12.1 Å². The van der Waals surface area contributed by atoms with Crippen LogP contribution >= 0.6 is 0 Å². The van der Waals surface area contributed by atoms with Crippen LogP contribution in [-0.2, 0) is 13.3 Å². The molecule has 0 radical (unpaired) electrons. The second-order valence-electron chi connectivity index (χ2n) is 11.3. The van der Waals surface area contributed by atoms with Gasteiger partial charge in [0.2, 0.25) is 0 Å². The number of fused-ring (bicyclic) bond motifs is 4. The Bertz CT molecular complexity index is 2140. The topological polar surface area (TPSA) is 200 Å². The number of nitro benzene ring substituents is 4. The smallest absolute Gasteiger partial charge is 0.373 e. The first-order chi connectivity index (χ1) is 21.1. The highest BCUT2D eigenvalue weighted by Gasteiger charge is 2.53. The van der Waals surface area contributed by atoms with E-state index in [9.17, 15) is 40.5 Å². The van der Waals surface area contributed by atoms with Gasteiger partial charge < -0.3 is 13.3 Å². The van der Waals surface area contributed by atoms with Crippen LogP contribution in [0, 0.1) is 40.5 Å². The Morgan fingerprint density at radius 1 is 0.511 bits per heavy atom. The first kappa shape index (κ1) is 31.5. The number of nitro groups is 4. The maximum atomic E-state index is 12.9. The summed E-state index contributed by atoms with van der Waals surface area (Å²) in [7, 11) is -3.02. The zero-order valence-corrected chi connectivity index (χ0v) is 26.9. The summed E-state index contributed by atoms with van der Waals surface area (Å²) in [6.07, 6.45) is 0. The summed E-state index contributed by atoms with van der Waals surface area (Å²) in [5.74, 6) is 0. The molecule has 0 fully saturated rings. The molecule has 0 unspecified atom stereocenters. The Hall–Kier alpha value is -4.95. The van der Waals surface area contributed by atoms with Gasteiger partial charge in [-0.3, -0.25) is 40.5 Å². The Labute approximate surface area is 255 Å². The SMILES string of the molecule is CO[Si](OC)(OC)c1c([Si](C)(C)C)c([N+](=O)[O-])c2cc3cc4cc5c([N+](=O)[O-])ccc([N+](=O)[O-])c5cc4cc3cc2c1[N+](=O)[O-]. The zero-order chi connectivity index (χ0) is 33.2. The van der Waals surface area contributed by atoms with E-state index in [-0.39, 0.29) is 49.0 Å². The molecule has 5 aromatic rings. The molecule has 0 aliphatic carbocycles. The summed E-state index contributed by atoms with van der Waals surface area (Å²) in [5.41, 5.74) is -1.40. The lowest BCUT2D eigenvalue weighted by atomic mass is 9.95. The van der Waals surface area contributed by atoms with Crippen LogP contribution < -0.4 is 10.4 Å². The van der Waals surface area contributed by atoms with Gasteiger partial charge in [-0.2, -0.15) is 0 Å². The van der Waals surface area contributed by atoms with E-state index in [1.54, 1.807) is 12.1 Å². The van der Waals surface area contributed by atoms with Crippen LogP contribution in [0.1, 0.15) is 0 Å². The van der Waals surface area contributed by atoms with Crippen LogP contribution in [0.25, 0.3) is 43.1 Å². The molecule has 232 valence electrons. The number of rotatable bonds is 9. The highest BCUT2D eigenvalue weighted by molar-refractivity contribution is 6.96. The maximum Gasteiger partial charge on any atom is 0.543 e. The van der Waals surface area contributed by atoms with Gasteiger partial charge >= 0.3 is 8.80 Å². The summed E-state index contributed by atoms with van der Waals surface area (Å²) in [6, 6.07) is 11.3. The molecule has 17 heteroatoms. The van der Waals surface area contributed by atoms with E-state index in [4.69, 9.17) is 13.3 Å². The third kappa shape index (κ3) is 4.86. The number of hydrogen-bond donors (Lipinski definition) is 0. The molecule has 5 aromatic carbocycles. The van der Waals surface area contributed by atoms with Crippen LogP contribution in [0.4, 0.5) is 22.7 Å². The van der Waals surface area contributed by atoms with E-state index >= 15 is 0 Å². The van der Waals surface area contributed by atoms with Crippen LogP contribution in [0.5, 0.6) is 0 Å². The van der Waals surface area contributed by atoms with Crippen LogP contribution in [-0.4, -0.2) is 57.9 Å². The molecule has 0 N–H and O–H groups in total. The van der Waals surface area contributed by atoms with Crippen LogP contribution in [0.2, 0.25) is 19.6 Å². The van der Waals surface area contributed by atoms with Gasteiger partial charge in [-0.1, -0.05) is 19.6 Å². The van der Waals surface area contributed by atoms with Gasteiger partial charge in [0, 0.05) is 38.6 Å². The molecule has 0 aliphatic rings. The molecular formula is C28H26N4O11Si2. The van der Waals surface area contributed by atoms with E-state index < -0.39 is 42.3 Å². The molecule has 0 saturated carbocycles. The third-order valence-electron chi connectivity index (χ3n) is 7.87. The summed E-state index contributed by atoms with van der Waals surface area (Å²) in [6.45, 7) is 5.46. The number of benzene rings is 5. The predicted octanol–water partition coefficient (Wildman–Crippen LogP) is 5.56. The van der Waals surface area contributed by atoms with E-state index in [2.05, 4.69) is 0 Å². The van der Waals surface area contributed by atoms with E-state index in [1.165, 1.54) is 45.6 Å². The largest absolute Gasteiger partial charge is 0.543 e. The molecule has 5 rings (SSSR count). The van der Waals surface area contributed by atoms with Crippen molar-refractivity contribution in [2.75, 3.05) is 21.3 Å². The van der Waals surface area contributed by atoms with Crippen molar-refractivity contribution >= 4 is 93.1 Å². The van der Waals surface area contributed by atoms with Crippen molar-refractivity contribution in [3.05, 3.63) is 89.0 Å². The minimum absolute atomic E-state index is 0.0216. The van der Waals surface area contributed by atoms with Crippen molar-refractivity contribution in [1.82, 2.24) is 0 Å². The lowest BCUT2D eigenvalue weighted by Gasteiger charge is -2.30. The van der Waals surface area contributed by atoms with Crippen molar-refractivity contribution in [3.63, 3.8) is 0 Å². The zero-order valence-electron chi connectivity index (χ0n) is 24.9. The molecule has 0 aliphatic heterocycles. The molecule has 15 nitrogen and oxygen atoms in total. The second kappa shape index (κ2) is 10.9. The lowest BCUT2D eigenvalue weighted by molar-refractivity contribution is -0.386. The standard InChI is InChI=1S/C28H26N4O11Si2/c1-41-45(42-2,43-3)28-26(32(39)40)22-14-18-10-16-12-20-19(23(29(33)34)7-8-24(20)30(35)36)11-15(16)9-17(18)13-21(22)25(31(37)38)27(28)44(4,5)6/h7-14H,1-6H3. The molecule has 0 saturated heterocycles. The molecule has 0 spiro atoms. The average molecular weight is 651 g/mol. The van der Waals surface area contributed by atoms with Crippen LogP contribution in [0.15, 0.2) is 48.5 Å². The molecular weight excluding hydrogens is 624 g/mol. The van der Waals surface area contributed by atoms with Crippen molar-refractivity contribution in [2.45, 2.75) is 19.6 Å². The fourth-order valence-corrected chi connectivity index (χ4v) is 11.5. The number of hydrogen-bond acceptors (Lipinski definition) is 11. The maximum absolute atomic E-state index is 12.9. The Morgan fingerprint density at radius 3 is 1.13 bits per heavy atom. The number of non-ortho nitro benzene ring substituents is 2. The summed E-state index contributed by atoms with van der Waals surface area (Å²) in [4.78, 5) is 46.7. The Kier molecular flexibility index (Phi) is 7.62. The summed E-state index contributed by atoms with van der Waals surface area (Å²) >= 11 is 0. The predicted molar refractivity (Wildman–Crippen MR) is 172 cm³/mol. The second-order valence-corrected chi connectivity index (χ2v) is 19.2. The first-order valence-corrected chi connectivity index (χ1v) is 18.5. The van der Waals surface area contributed by atoms with Gasteiger partial charge in [0.05, 0.1) is 49.3 Å². The molecule has 0 atom stereocenters. The van der Waals surface area contributed by atoms with Gasteiger partial charge in [-0.15, -0.1) is 0 Å². The summed E-state index contributed by atoms with van der Waals surface area (Å²) < 4.78 is 17.0. The quantitative estimate of drug-likeness (QED) is 0.0836. The van der Waals surface area contributed by atoms with Crippen molar-refractivity contribution in [2.24, 2.45) is 0 Å². The highest BCUT2D eigenvalue weighted by atomic mass is 28.4. The number of nitrogens with zero attached hydrogens (tertiary/aromatic N) is 4. The van der Waals surface area contributed by atoms with Gasteiger partial charge in [-0.25, -0.2) is 0 Å². The lowest BCUT2D eigenvalue weighted by Crippen LogP contribution is -2.65. The fraction of sp³-hybridized carbons (Fsp3) is 0.214. The third-order valence-corrected chi connectivity index (χ3v) is 12.8. The molecule has 45 heavy (non-hydrogen) atoms. The van der Waals surface area contributed by atoms with E-state index in [0.29, 0.717) is 21.5 Å². The Balaban J connectivity index is 2.04. The monoisotopic (exact) mass is 650 g/mol. The average Bonchev–Trinajstić information content (AvgIpc) is 2.96. The molecule has 0 bridgehead atoms. The molecule has 0 amide bonds. The van der Waals surface area contributed by atoms with Gasteiger partial charge in [0.1, 0.15) is 5.19 Å². The van der Waals surface area contributed by atoms with Gasteiger partial charge in [0.15, 0.2) is 0 Å². The summed E-state index contributed by atoms with van der Waals surface area (Å²) in [5, 5.41) is 51.2. The highest BCUT2D eigenvalue weighted by Crippen LogP contribution is 2.40. The fourth-order valence-electron chi connectivity index (χ4n) is 6.04. The first-order valence-electron chi connectivity index (χ1n) is 13.3. The van der Waals surface area contributed by atoms with Crippen LogP contribution in [0.3, 0.4) is 0 Å². The normalized spacial score (nSPS) is 12.3. The van der Waals surface area contributed by atoms with Crippen molar-refractivity contribution in [3.8, 4) is 0 Å². The van der Waals surface area contributed by atoms with Gasteiger partial charge in [-0.05, 0) is 57.9 Å². The molecule has 0 heterocycles. The van der Waals surface area contributed by atoms with Gasteiger partial charge in [0.25, 0.3) is 22.7 Å².